The van der Waals surface area contributed by atoms with E-state index in [1.54, 1.807) is 6.26 Å². The van der Waals surface area contributed by atoms with Crippen LogP contribution in [-0.4, -0.2) is 16.2 Å². The predicted octanol–water partition coefficient (Wildman–Crippen LogP) is 4.44. The van der Waals surface area contributed by atoms with Crippen molar-refractivity contribution in [2.24, 2.45) is 0 Å². The second kappa shape index (κ2) is 5.73. The first-order valence-corrected chi connectivity index (χ1v) is 6.78. The van der Waals surface area contributed by atoms with Gasteiger partial charge in [-0.15, -0.1) is 0 Å². The molecular weight excluding hydrogens is 298 g/mol. The van der Waals surface area contributed by atoms with E-state index in [9.17, 15) is 4.39 Å². The Morgan fingerprint density at radius 2 is 2.00 bits per heavy atom. The Morgan fingerprint density at radius 3 is 2.67 bits per heavy atom. The van der Waals surface area contributed by atoms with Crippen molar-refractivity contribution in [2.75, 3.05) is 6.26 Å². The van der Waals surface area contributed by atoms with Gasteiger partial charge in [-0.05, 0) is 24.5 Å². The van der Waals surface area contributed by atoms with E-state index in [1.165, 1.54) is 30.0 Å². The normalized spacial score (nSPS) is 10.4. The molecule has 0 spiro atoms. The van der Waals surface area contributed by atoms with E-state index in [0.717, 1.165) is 6.07 Å². The van der Waals surface area contributed by atoms with Crippen LogP contribution in [0.4, 0.5) is 4.39 Å². The summed E-state index contributed by atoms with van der Waals surface area (Å²) in [6, 6.07) is 5.52. The van der Waals surface area contributed by atoms with Crippen LogP contribution < -0.4 is 4.74 Å². The standard InChI is InChI=1S/C11H7Cl2FN2OS/c1-18-11-15-9(13)5-10(16-11)17-8-3-2-6(12)4-7(8)14/h2-5H,1H3. The minimum atomic E-state index is -0.567. The van der Waals surface area contributed by atoms with Gasteiger partial charge in [-0.1, -0.05) is 35.0 Å². The fourth-order valence-corrected chi connectivity index (χ4v) is 1.94. The molecule has 0 fully saturated rings. The zero-order valence-electron chi connectivity index (χ0n) is 9.15. The van der Waals surface area contributed by atoms with Gasteiger partial charge in [0.2, 0.25) is 5.88 Å². The lowest BCUT2D eigenvalue weighted by molar-refractivity contribution is 0.422. The first kappa shape index (κ1) is 13.4. The van der Waals surface area contributed by atoms with Crippen molar-refractivity contribution in [1.82, 2.24) is 9.97 Å². The molecule has 1 aromatic carbocycles. The van der Waals surface area contributed by atoms with Gasteiger partial charge in [-0.2, -0.15) is 4.98 Å². The van der Waals surface area contributed by atoms with Crippen molar-refractivity contribution < 1.29 is 9.13 Å². The zero-order valence-corrected chi connectivity index (χ0v) is 11.5. The smallest absolute Gasteiger partial charge is 0.224 e. The quantitative estimate of drug-likeness (QED) is 0.477. The molecule has 0 saturated carbocycles. The van der Waals surface area contributed by atoms with Crippen molar-refractivity contribution in [3.63, 3.8) is 0 Å². The Morgan fingerprint density at radius 1 is 1.22 bits per heavy atom. The lowest BCUT2D eigenvalue weighted by Crippen LogP contribution is -1.94. The number of nitrogens with zero attached hydrogens (tertiary/aromatic N) is 2. The Labute approximate surface area is 117 Å². The number of ether oxygens (including phenoxy) is 1. The molecule has 0 aliphatic rings. The van der Waals surface area contributed by atoms with E-state index in [1.807, 2.05) is 0 Å². The highest BCUT2D eigenvalue weighted by Gasteiger charge is 2.09. The molecule has 0 bridgehead atoms. The summed E-state index contributed by atoms with van der Waals surface area (Å²) < 4.78 is 18.8. The third-order valence-corrected chi connectivity index (χ3v) is 2.92. The molecule has 7 heteroatoms. The topological polar surface area (TPSA) is 35.0 Å². The predicted molar refractivity (Wildman–Crippen MR) is 70.3 cm³/mol. The molecule has 2 rings (SSSR count). The van der Waals surface area contributed by atoms with Crippen molar-refractivity contribution >= 4 is 35.0 Å². The SMILES string of the molecule is CSc1nc(Cl)cc(Oc2ccc(Cl)cc2F)n1. The van der Waals surface area contributed by atoms with Crippen LogP contribution in [-0.2, 0) is 0 Å². The van der Waals surface area contributed by atoms with Crippen LogP contribution in [0.1, 0.15) is 0 Å². The number of thioether (sulfide) groups is 1. The third kappa shape index (κ3) is 3.25. The Hall–Kier alpha value is -1.04. The first-order chi connectivity index (χ1) is 8.58. The van der Waals surface area contributed by atoms with E-state index in [4.69, 9.17) is 27.9 Å². The molecule has 0 radical (unpaired) electrons. The average molecular weight is 305 g/mol. The van der Waals surface area contributed by atoms with Gasteiger partial charge in [-0.25, -0.2) is 9.37 Å². The number of benzene rings is 1. The van der Waals surface area contributed by atoms with Crippen LogP contribution in [0, 0.1) is 5.82 Å². The fourth-order valence-electron chi connectivity index (χ4n) is 1.19. The highest BCUT2D eigenvalue weighted by Crippen LogP contribution is 2.27. The van der Waals surface area contributed by atoms with Crippen molar-refractivity contribution in [3.8, 4) is 11.6 Å². The van der Waals surface area contributed by atoms with Crippen LogP contribution in [0.2, 0.25) is 10.2 Å². The highest BCUT2D eigenvalue weighted by molar-refractivity contribution is 7.98. The minimum Gasteiger partial charge on any atom is -0.436 e. The zero-order chi connectivity index (χ0) is 13.1. The monoisotopic (exact) mass is 304 g/mol. The van der Waals surface area contributed by atoms with Gasteiger partial charge in [-0.3, -0.25) is 0 Å². The third-order valence-electron chi connectivity index (χ3n) is 1.94. The van der Waals surface area contributed by atoms with E-state index < -0.39 is 5.82 Å². The van der Waals surface area contributed by atoms with Gasteiger partial charge in [0, 0.05) is 11.1 Å². The van der Waals surface area contributed by atoms with Crippen molar-refractivity contribution in [3.05, 3.63) is 40.3 Å². The molecule has 94 valence electrons. The molecular formula is C11H7Cl2FN2OS. The maximum Gasteiger partial charge on any atom is 0.224 e. The molecule has 1 aromatic heterocycles. The molecule has 0 atom stereocenters. The molecule has 1 heterocycles. The summed E-state index contributed by atoms with van der Waals surface area (Å²) in [6.07, 6.45) is 1.80. The maximum atomic E-state index is 13.5. The number of hydrogen-bond donors (Lipinski definition) is 0. The van der Waals surface area contributed by atoms with E-state index in [2.05, 4.69) is 9.97 Å². The molecule has 2 aromatic rings. The largest absolute Gasteiger partial charge is 0.436 e. The molecule has 0 saturated heterocycles. The van der Waals surface area contributed by atoms with Gasteiger partial charge >= 0.3 is 0 Å². The van der Waals surface area contributed by atoms with Gasteiger partial charge in [0.1, 0.15) is 5.15 Å². The maximum absolute atomic E-state index is 13.5. The molecule has 0 amide bonds. The average Bonchev–Trinajstić information content (AvgIpc) is 2.32. The molecule has 0 aliphatic carbocycles. The Bertz CT molecular complexity index is 583. The van der Waals surface area contributed by atoms with Crippen molar-refractivity contribution in [2.45, 2.75) is 5.16 Å². The summed E-state index contributed by atoms with van der Waals surface area (Å²) in [6.45, 7) is 0. The number of halogens is 3. The lowest BCUT2D eigenvalue weighted by atomic mass is 10.3. The molecule has 0 N–H and O–H groups in total. The van der Waals surface area contributed by atoms with Crippen LogP contribution >= 0.6 is 35.0 Å². The van der Waals surface area contributed by atoms with Gasteiger partial charge < -0.3 is 4.74 Å². The molecule has 0 aliphatic heterocycles. The van der Waals surface area contributed by atoms with E-state index in [-0.39, 0.29) is 16.8 Å². The lowest BCUT2D eigenvalue weighted by Gasteiger charge is -2.07. The van der Waals surface area contributed by atoms with Gasteiger partial charge in [0.25, 0.3) is 0 Å². The Balaban J connectivity index is 2.30. The highest BCUT2D eigenvalue weighted by atomic mass is 35.5. The summed E-state index contributed by atoms with van der Waals surface area (Å²) >= 11 is 12.8. The number of aromatic nitrogens is 2. The van der Waals surface area contributed by atoms with E-state index >= 15 is 0 Å². The summed E-state index contributed by atoms with van der Waals surface area (Å²) in [4.78, 5) is 8.01. The van der Waals surface area contributed by atoms with Crippen LogP contribution in [0.25, 0.3) is 0 Å². The van der Waals surface area contributed by atoms with E-state index in [0.29, 0.717) is 10.2 Å². The minimum absolute atomic E-state index is 0.0289. The second-order valence-electron chi connectivity index (χ2n) is 3.19. The number of rotatable bonds is 3. The summed E-state index contributed by atoms with van der Waals surface area (Å²) in [5.74, 6) is -0.357. The van der Waals surface area contributed by atoms with Gasteiger partial charge in [0.15, 0.2) is 16.7 Å². The first-order valence-electron chi connectivity index (χ1n) is 4.80. The number of hydrogen-bond acceptors (Lipinski definition) is 4. The summed E-state index contributed by atoms with van der Waals surface area (Å²) in [5, 5.41) is 0.982. The fraction of sp³-hybridized carbons (Fsp3) is 0.0909. The Kier molecular flexibility index (Phi) is 4.27. The second-order valence-corrected chi connectivity index (χ2v) is 4.79. The van der Waals surface area contributed by atoms with Crippen LogP contribution in [0.3, 0.4) is 0 Å². The van der Waals surface area contributed by atoms with Crippen LogP contribution in [0.5, 0.6) is 11.6 Å². The molecule has 0 unspecified atom stereocenters. The summed E-state index contributed by atoms with van der Waals surface area (Å²) in [5.41, 5.74) is 0. The van der Waals surface area contributed by atoms with Crippen molar-refractivity contribution in [1.29, 1.82) is 0 Å². The van der Waals surface area contributed by atoms with Gasteiger partial charge in [0.05, 0.1) is 0 Å². The van der Waals surface area contributed by atoms with Crippen LogP contribution in [0.15, 0.2) is 29.4 Å². The molecule has 3 nitrogen and oxygen atoms in total. The summed E-state index contributed by atoms with van der Waals surface area (Å²) in [7, 11) is 0. The molecule has 18 heavy (non-hydrogen) atoms.